The molecule has 1 saturated heterocycles. The van der Waals surface area contributed by atoms with Crippen LogP contribution in [0.1, 0.15) is 45.2 Å². The summed E-state index contributed by atoms with van der Waals surface area (Å²) in [5, 5.41) is 3.17. The highest BCUT2D eigenvalue weighted by Gasteiger charge is 2.40. The van der Waals surface area contributed by atoms with E-state index in [1.54, 1.807) is 15.5 Å². The third-order valence-electron chi connectivity index (χ3n) is 5.44. The van der Waals surface area contributed by atoms with Crippen molar-refractivity contribution in [3.63, 3.8) is 0 Å². The molecule has 0 aliphatic carbocycles. The smallest absolute Gasteiger partial charge is 0.254 e. The van der Waals surface area contributed by atoms with Gasteiger partial charge in [-0.1, -0.05) is 20.8 Å². The molecule has 0 bridgehead atoms. The first kappa shape index (κ1) is 20.2. The van der Waals surface area contributed by atoms with Crippen molar-refractivity contribution in [2.45, 2.75) is 38.5 Å². The summed E-state index contributed by atoms with van der Waals surface area (Å²) in [5.74, 6) is -0.00879. The molecule has 3 atom stereocenters. The third-order valence-corrected chi connectivity index (χ3v) is 6.25. The molecule has 3 aromatic rings. The molecule has 152 valence electrons. The van der Waals surface area contributed by atoms with Gasteiger partial charge in [-0.05, 0) is 56.5 Å². The van der Waals surface area contributed by atoms with Crippen molar-refractivity contribution in [1.82, 2.24) is 24.5 Å². The molecule has 2 aromatic heterocycles. The van der Waals surface area contributed by atoms with Gasteiger partial charge >= 0.3 is 0 Å². The Morgan fingerprint density at radius 3 is 2.79 bits per heavy atom. The van der Waals surface area contributed by atoms with Crippen molar-refractivity contribution in [2.24, 2.45) is 0 Å². The van der Waals surface area contributed by atoms with Crippen LogP contribution in [-0.4, -0.2) is 48.9 Å². The quantitative estimate of drug-likeness (QED) is 0.575. The summed E-state index contributed by atoms with van der Waals surface area (Å²) in [6.45, 7) is 6.06. The van der Waals surface area contributed by atoms with E-state index in [1.807, 2.05) is 32.9 Å². The molecule has 0 spiro atoms. The van der Waals surface area contributed by atoms with E-state index in [4.69, 9.17) is 11.6 Å². The highest BCUT2D eigenvalue weighted by atomic mass is 35.5. The van der Waals surface area contributed by atoms with E-state index in [2.05, 4.69) is 24.3 Å². The number of benzene rings is 1. The molecule has 1 aromatic carbocycles. The summed E-state index contributed by atoms with van der Waals surface area (Å²) >= 11 is 6.28. The van der Waals surface area contributed by atoms with Crippen molar-refractivity contribution in [3.05, 3.63) is 57.6 Å². The highest BCUT2D eigenvalue weighted by molar-refractivity contribution is 7.18. The standard InChI is InChI=1S/C20H22ClFN5OP/c1-11-4-14(6-16(21)13(11)3)18(28)26-8-15(7-20(22,29)9-26)17-5-12(2)25-19-23-10-24-27(17)19/h4-6,10,15H,7-9,29H2,1-3H3/t15-,20?/m0/s1. The van der Waals surface area contributed by atoms with Gasteiger partial charge < -0.3 is 4.90 Å². The molecule has 0 N–H and O–H groups in total. The van der Waals surface area contributed by atoms with Gasteiger partial charge in [-0.3, -0.25) is 4.79 Å². The first-order valence-corrected chi connectivity index (χ1v) is 10.3. The van der Waals surface area contributed by atoms with Crippen LogP contribution >= 0.6 is 20.8 Å². The lowest BCUT2D eigenvalue weighted by atomic mass is 9.91. The number of aromatic nitrogens is 4. The minimum absolute atomic E-state index is 0.00209. The average Bonchev–Trinajstić information content (AvgIpc) is 3.11. The Morgan fingerprint density at radius 2 is 2.07 bits per heavy atom. The SMILES string of the molecule is Cc1cc([C@@H]2CN(C(=O)c3cc(C)c(C)c(Cl)c3)CC(F)(P)C2)n2ncnc2n1. The topological polar surface area (TPSA) is 63.4 Å². The van der Waals surface area contributed by atoms with E-state index in [1.165, 1.54) is 6.33 Å². The molecule has 29 heavy (non-hydrogen) atoms. The predicted molar refractivity (Wildman–Crippen MR) is 113 cm³/mol. The fraction of sp³-hybridized carbons (Fsp3) is 0.400. The number of rotatable bonds is 2. The molecular weight excluding hydrogens is 412 g/mol. The third kappa shape index (κ3) is 3.86. The Bertz CT molecular complexity index is 1090. The zero-order chi connectivity index (χ0) is 20.9. The number of alkyl halides is 1. The molecule has 1 aliphatic rings. The first-order valence-electron chi connectivity index (χ1n) is 9.36. The number of halogens is 2. The van der Waals surface area contributed by atoms with E-state index in [0.717, 1.165) is 22.5 Å². The summed E-state index contributed by atoms with van der Waals surface area (Å²) in [5.41, 5.74) is 3.91. The van der Waals surface area contributed by atoms with Crippen LogP contribution in [0.15, 0.2) is 24.5 Å². The molecule has 0 radical (unpaired) electrons. The summed E-state index contributed by atoms with van der Waals surface area (Å²) in [6.07, 6.45) is 1.69. The molecule has 9 heteroatoms. The van der Waals surface area contributed by atoms with Crippen LogP contribution in [0.5, 0.6) is 0 Å². The second-order valence-corrected chi connectivity index (χ2v) is 9.26. The van der Waals surface area contributed by atoms with Crippen LogP contribution in [0, 0.1) is 20.8 Å². The maximum absolute atomic E-state index is 15.3. The van der Waals surface area contributed by atoms with Gasteiger partial charge in [0.05, 0.1) is 12.2 Å². The summed E-state index contributed by atoms with van der Waals surface area (Å²) in [4.78, 5) is 23.3. The van der Waals surface area contributed by atoms with Gasteiger partial charge in [0.15, 0.2) is 0 Å². The number of amides is 1. The Kier molecular flexibility index (Phi) is 5.07. The Balaban J connectivity index is 1.71. The normalized spacial score (nSPS) is 22.3. The second kappa shape index (κ2) is 7.29. The van der Waals surface area contributed by atoms with Crippen LogP contribution in [0.3, 0.4) is 0 Å². The molecule has 1 amide bonds. The number of carbonyl (C=O) groups is 1. The van der Waals surface area contributed by atoms with Crippen LogP contribution in [0.2, 0.25) is 5.02 Å². The van der Waals surface area contributed by atoms with Gasteiger partial charge in [-0.25, -0.2) is 13.9 Å². The maximum Gasteiger partial charge on any atom is 0.254 e. The van der Waals surface area contributed by atoms with Gasteiger partial charge in [0.1, 0.15) is 11.7 Å². The number of carbonyl (C=O) groups excluding carboxylic acids is 1. The lowest BCUT2D eigenvalue weighted by molar-refractivity contribution is 0.0543. The molecule has 6 nitrogen and oxygen atoms in total. The Morgan fingerprint density at radius 1 is 1.31 bits per heavy atom. The van der Waals surface area contributed by atoms with Gasteiger partial charge in [-0.15, -0.1) is 0 Å². The zero-order valence-corrected chi connectivity index (χ0v) is 18.4. The molecule has 0 saturated carbocycles. The Hall–Kier alpha value is -2.11. The van der Waals surface area contributed by atoms with E-state index >= 15 is 4.39 Å². The van der Waals surface area contributed by atoms with Crippen LogP contribution in [0.25, 0.3) is 5.78 Å². The molecule has 4 rings (SSSR count). The minimum atomic E-state index is -1.60. The van der Waals surface area contributed by atoms with Gasteiger partial charge in [0, 0.05) is 28.7 Å². The number of piperidine rings is 1. The molecule has 2 unspecified atom stereocenters. The number of likely N-dealkylation sites (tertiary alicyclic amines) is 1. The monoisotopic (exact) mass is 433 g/mol. The number of hydrogen-bond donors (Lipinski definition) is 0. The summed E-state index contributed by atoms with van der Waals surface area (Å²) in [7, 11) is 2.27. The van der Waals surface area contributed by atoms with Crippen molar-refractivity contribution >= 4 is 32.5 Å². The lowest BCUT2D eigenvalue weighted by Gasteiger charge is -2.40. The van der Waals surface area contributed by atoms with Crippen LogP contribution in [0.4, 0.5) is 4.39 Å². The van der Waals surface area contributed by atoms with Crippen molar-refractivity contribution in [1.29, 1.82) is 0 Å². The lowest BCUT2D eigenvalue weighted by Crippen LogP contribution is -2.48. The predicted octanol–water partition coefficient (Wildman–Crippen LogP) is 3.87. The van der Waals surface area contributed by atoms with Crippen molar-refractivity contribution in [3.8, 4) is 0 Å². The molecule has 1 fully saturated rings. The van der Waals surface area contributed by atoms with Gasteiger partial charge in [0.25, 0.3) is 11.7 Å². The van der Waals surface area contributed by atoms with E-state index < -0.39 is 5.41 Å². The van der Waals surface area contributed by atoms with Crippen molar-refractivity contribution in [2.75, 3.05) is 13.1 Å². The molecular formula is C20H22ClFN5OP. The molecule has 3 heterocycles. The minimum Gasteiger partial charge on any atom is -0.334 e. The number of fused-ring (bicyclic) bond motifs is 1. The summed E-state index contributed by atoms with van der Waals surface area (Å²) < 4.78 is 16.9. The summed E-state index contributed by atoms with van der Waals surface area (Å²) in [6, 6.07) is 5.35. The fourth-order valence-corrected chi connectivity index (χ4v) is 4.68. The Labute approximate surface area is 175 Å². The van der Waals surface area contributed by atoms with Crippen LogP contribution < -0.4 is 0 Å². The number of aryl methyl sites for hydroxylation is 2. The van der Waals surface area contributed by atoms with Gasteiger partial charge in [0.2, 0.25) is 0 Å². The maximum atomic E-state index is 15.3. The average molecular weight is 434 g/mol. The number of hydrogen-bond acceptors (Lipinski definition) is 4. The van der Waals surface area contributed by atoms with Gasteiger partial charge in [-0.2, -0.15) is 10.1 Å². The van der Waals surface area contributed by atoms with E-state index in [9.17, 15) is 4.79 Å². The first-order chi connectivity index (χ1) is 13.6. The highest BCUT2D eigenvalue weighted by Crippen LogP contribution is 2.40. The molecule has 1 aliphatic heterocycles. The van der Waals surface area contributed by atoms with Crippen molar-refractivity contribution < 1.29 is 9.18 Å². The largest absolute Gasteiger partial charge is 0.334 e. The van der Waals surface area contributed by atoms with Crippen LogP contribution in [-0.2, 0) is 0 Å². The fourth-order valence-electron chi connectivity index (χ4n) is 3.91. The zero-order valence-electron chi connectivity index (χ0n) is 16.5. The second-order valence-electron chi connectivity index (χ2n) is 7.82. The van der Waals surface area contributed by atoms with E-state index in [-0.39, 0.29) is 24.8 Å². The van der Waals surface area contributed by atoms with E-state index in [0.29, 0.717) is 22.9 Å². The number of nitrogens with zero attached hydrogens (tertiary/aromatic N) is 5.